The van der Waals surface area contributed by atoms with Crippen molar-refractivity contribution in [2.45, 2.75) is 52.6 Å². The molecule has 0 aliphatic carbocycles. The van der Waals surface area contributed by atoms with Crippen molar-refractivity contribution in [1.29, 1.82) is 0 Å². The Morgan fingerprint density at radius 2 is 1.59 bits per heavy atom. The van der Waals surface area contributed by atoms with E-state index in [0.29, 0.717) is 31.0 Å². The van der Waals surface area contributed by atoms with Crippen LogP contribution in [0.25, 0.3) is 0 Å². The zero-order valence-corrected chi connectivity index (χ0v) is 25.2. The van der Waals surface area contributed by atoms with Gasteiger partial charge in [-0.1, -0.05) is 54.6 Å². The van der Waals surface area contributed by atoms with Gasteiger partial charge >= 0.3 is 0 Å². The van der Waals surface area contributed by atoms with E-state index in [2.05, 4.69) is 5.32 Å². The number of rotatable bonds is 15. The molecular weight excluding hydrogens is 538 g/mol. The van der Waals surface area contributed by atoms with Gasteiger partial charge < -0.3 is 15.0 Å². The van der Waals surface area contributed by atoms with E-state index in [-0.39, 0.29) is 37.7 Å². The van der Waals surface area contributed by atoms with E-state index < -0.39 is 16.1 Å². The third-order valence-electron chi connectivity index (χ3n) is 6.81. The molecule has 1 atom stereocenters. The van der Waals surface area contributed by atoms with Gasteiger partial charge in [-0.2, -0.15) is 0 Å². The summed E-state index contributed by atoms with van der Waals surface area (Å²) in [5.74, 6) is 0.229. The van der Waals surface area contributed by atoms with Gasteiger partial charge in [-0.25, -0.2) is 8.42 Å². The SMILES string of the molecule is CCNC(=O)C(Cc1ccccc1)N(Cc1ccccc1C)C(=O)CCCN(c1ccc(OCC)cc1)S(C)(=O)=O. The highest BCUT2D eigenvalue weighted by Crippen LogP contribution is 2.23. The Balaban J connectivity index is 1.85. The Labute approximate surface area is 244 Å². The average molecular weight is 580 g/mol. The van der Waals surface area contributed by atoms with Gasteiger partial charge in [0.05, 0.1) is 18.6 Å². The zero-order chi connectivity index (χ0) is 29.8. The number of carbonyl (C=O) groups excluding carboxylic acids is 2. The number of hydrogen-bond donors (Lipinski definition) is 1. The van der Waals surface area contributed by atoms with Crippen LogP contribution in [0.2, 0.25) is 0 Å². The van der Waals surface area contributed by atoms with Crippen LogP contribution in [0.4, 0.5) is 5.69 Å². The summed E-state index contributed by atoms with van der Waals surface area (Å²) in [6.07, 6.45) is 1.89. The molecule has 0 aromatic heterocycles. The largest absolute Gasteiger partial charge is 0.494 e. The minimum absolute atomic E-state index is 0.0830. The molecule has 0 bridgehead atoms. The summed E-state index contributed by atoms with van der Waals surface area (Å²) in [6, 6.07) is 23.6. The molecule has 0 spiro atoms. The van der Waals surface area contributed by atoms with Crippen molar-refractivity contribution in [1.82, 2.24) is 10.2 Å². The van der Waals surface area contributed by atoms with E-state index in [0.717, 1.165) is 22.9 Å². The Hall–Kier alpha value is -3.85. The Morgan fingerprint density at radius 1 is 0.927 bits per heavy atom. The number of nitrogens with zero attached hydrogens (tertiary/aromatic N) is 2. The minimum atomic E-state index is -3.59. The number of ether oxygens (including phenoxy) is 1. The monoisotopic (exact) mass is 579 g/mol. The third-order valence-corrected chi connectivity index (χ3v) is 8.01. The molecule has 0 aliphatic rings. The van der Waals surface area contributed by atoms with E-state index in [1.807, 2.05) is 75.4 Å². The number of aryl methyl sites for hydroxylation is 1. The fraction of sp³-hybridized carbons (Fsp3) is 0.375. The second kappa shape index (κ2) is 15.2. The van der Waals surface area contributed by atoms with Crippen LogP contribution in [0.5, 0.6) is 5.75 Å². The molecular formula is C32H41N3O5S. The second-order valence-corrected chi connectivity index (χ2v) is 11.8. The predicted octanol–water partition coefficient (Wildman–Crippen LogP) is 4.72. The Morgan fingerprint density at radius 3 is 2.20 bits per heavy atom. The summed E-state index contributed by atoms with van der Waals surface area (Å²) >= 11 is 0. The summed E-state index contributed by atoms with van der Waals surface area (Å²) in [7, 11) is -3.59. The molecule has 2 amide bonds. The molecule has 0 aliphatic heterocycles. The average Bonchev–Trinajstić information content (AvgIpc) is 2.94. The third kappa shape index (κ3) is 9.35. The van der Waals surface area contributed by atoms with Gasteiger partial charge in [0.15, 0.2) is 0 Å². The first kappa shape index (κ1) is 31.7. The number of anilines is 1. The van der Waals surface area contributed by atoms with Crippen LogP contribution in [0.3, 0.4) is 0 Å². The van der Waals surface area contributed by atoms with Crippen LogP contribution in [0, 0.1) is 6.92 Å². The molecule has 0 saturated carbocycles. The summed E-state index contributed by atoms with van der Waals surface area (Å²) in [5.41, 5.74) is 3.43. The second-order valence-electron chi connectivity index (χ2n) is 9.91. The number of sulfonamides is 1. The molecule has 220 valence electrons. The van der Waals surface area contributed by atoms with Gasteiger partial charge in [-0.05, 0) is 68.1 Å². The van der Waals surface area contributed by atoms with E-state index in [1.165, 1.54) is 4.31 Å². The quantitative estimate of drug-likeness (QED) is 0.281. The first-order chi connectivity index (χ1) is 19.6. The molecule has 1 unspecified atom stereocenters. The van der Waals surface area contributed by atoms with Crippen molar-refractivity contribution >= 4 is 27.5 Å². The van der Waals surface area contributed by atoms with Crippen LogP contribution in [0.1, 0.15) is 43.4 Å². The molecule has 0 fully saturated rings. The van der Waals surface area contributed by atoms with Crippen LogP contribution in [-0.2, 0) is 32.6 Å². The number of likely N-dealkylation sites (N-methyl/N-ethyl adjacent to an activating group) is 1. The Bertz CT molecular complexity index is 1380. The smallest absolute Gasteiger partial charge is 0.243 e. The normalized spacial score (nSPS) is 11.9. The fourth-order valence-electron chi connectivity index (χ4n) is 4.70. The Kier molecular flexibility index (Phi) is 11.8. The highest BCUT2D eigenvalue weighted by molar-refractivity contribution is 7.92. The van der Waals surface area contributed by atoms with Gasteiger partial charge in [-0.15, -0.1) is 0 Å². The number of benzene rings is 3. The molecule has 3 aromatic rings. The topological polar surface area (TPSA) is 96.0 Å². The standard InChI is InChI=1S/C32H41N3O5S/c1-5-33-32(37)30(23-26-14-8-7-9-15-26)34(24-27-16-11-10-13-25(27)3)31(36)17-12-22-35(41(4,38)39)28-18-20-29(21-19-28)40-6-2/h7-11,13-16,18-21,30H,5-6,12,17,22-24H2,1-4H3,(H,33,37). The van der Waals surface area contributed by atoms with Crippen molar-refractivity contribution in [3.63, 3.8) is 0 Å². The van der Waals surface area contributed by atoms with Crippen molar-refractivity contribution in [3.8, 4) is 5.75 Å². The van der Waals surface area contributed by atoms with Crippen molar-refractivity contribution in [3.05, 3.63) is 95.6 Å². The first-order valence-electron chi connectivity index (χ1n) is 14.0. The molecule has 0 saturated heterocycles. The summed E-state index contributed by atoms with van der Waals surface area (Å²) in [4.78, 5) is 28.8. The maximum atomic E-state index is 13.8. The maximum absolute atomic E-state index is 13.8. The van der Waals surface area contributed by atoms with Gasteiger partial charge in [-0.3, -0.25) is 13.9 Å². The van der Waals surface area contributed by atoms with Gasteiger partial charge in [0.2, 0.25) is 21.8 Å². The number of carbonyl (C=O) groups is 2. The van der Waals surface area contributed by atoms with Crippen LogP contribution < -0.4 is 14.4 Å². The minimum Gasteiger partial charge on any atom is -0.494 e. The number of hydrogen-bond acceptors (Lipinski definition) is 5. The molecule has 1 N–H and O–H groups in total. The highest BCUT2D eigenvalue weighted by Gasteiger charge is 2.30. The van der Waals surface area contributed by atoms with Gasteiger partial charge in [0.25, 0.3) is 0 Å². The lowest BCUT2D eigenvalue weighted by Gasteiger charge is -2.32. The van der Waals surface area contributed by atoms with E-state index >= 15 is 0 Å². The molecule has 0 radical (unpaired) electrons. The highest BCUT2D eigenvalue weighted by atomic mass is 32.2. The van der Waals surface area contributed by atoms with E-state index in [4.69, 9.17) is 4.74 Å². The van der Waals surface area contributed by atoms with Crippen LogP contribution in [0.15, 0.2) is 78.9 Å². The molecule has 0 heterocycles. The lowest BCUT2D eigenvalue weighted by Crippen LogP contribution is -2.50. The maximum Gasteiger partial charge on any atom is 0.243 e. The first-order valence-corrected chi connectivity index (χ1v) is 15.8. The summed E-state index contributed by atoms with van der Waals surface area (Å²) in [5, 5.41) is 2.90. The van der Waals surface area contributed by atoms with E-state index in [9.17, 15) is 18.0 Å². The fourth-order valence-corrected chi connectivity index (χ4v) is 5.66. The van der Waals surface area contributed by atoms with E-state index in [1.54, 1.807) is 29.2 Å². The van der Waals surface area contributed by atoms with Gasteiger partial charge in [0.1, 0.15) is 11.8 Å². The van der Waals surface area contributed by atoms with Crippen molar-refractivity contribution < 1.29 is 22.7 Å². The summed E-state index contributed by atoms with van der Waals surface area (Å²) < 4.78 is 32.1. The lowest BCUT2D eigenvalue weighted by atomic mass is 10.0. The zero-order valence-electron chi connectivity index (χ0n) is 24.4. The molecule has 9 heteroatoms. The van der Waals surface area contributed by atoms with Gasteiger partial charge in [0, 0.05) is 32.5 Å². The van der Waals surface area contributed by atoms with Crippen molar-refractivity contribution in [2.75, 3.05) is 30.3 Å². The number of amides is 2. The van der Waals surface area contributed by atoms with Crippen LogP contribution in [-0.4, -0.2) is 57.1 Å². The van der Waals surface area contributed by atoms with Crippen LogP contribution >= 0.6 is 0 Å². The lowest BCUT2D eigenvalue weighted by molar-refractivity contribution is -0.141. The summed E-state index contributed by atoms with van der Waals surface area (Å²) in [6.45, 7) is 7.07. The predicted molar refractivity (Wildman–Crippen MR) is 163 cm³/mol. The van der Waals surface area contributed by atoms with Crippen molar-refractivity contribution in [2.24, 2.45) is 0 Å². The molecule has 8 nitrogen and oxygen atoms in total. The molecule has 3 rings (SSSR count). The molecule has 3 aromatic carbocycles. The number of nitrogens with one attached hydrogen (secondary N) is 1. The molecule has 41 heavy (non-hydrogen) atoms.